The van der Waals surface area contributed by atoms with Crippen molar-refractivity contribution in [3.05, 3.63) is 29.8 Å². The molecule has 2 rings (SSSR count). The zero-order valence-corrected chi connectivity index (χ0v) is 17.5. The van der Waals surface area contributed by atoms with Crippen molar-refractivity contribution in [2.75, 3.05) is 42.3 Å². The zero-order valence-electron chi connectivity index (χ0n) is 17.5. The van der Waals surface area contributed by atoms with E-state index in [-0.39, 0.29) is 25.3 Å². The standard InChI is InChI=1S/C21H33N5O2/c1-6-17(13-28)26(7-2)20-11-19(23-15(4)12-27)24-21(25-20)18-10-16(22-5)9-8-14(18)3/h8-11,15,17,22,27-28H,6-7,12-13H2,1-5H3,(H,23,24,25)/t15?,17-/m1/s1. The van der Waals surface area contributed by atoms with Crippen LogP contribution in [0, 0.1) is 6.92 Å². The Morgan fingerprint density at radius 1 is 1.11 bits per heavy atom. The number of anilines is 3. The third-order valence-corrected chi connectivity index (χ3v) is 4.91. The van der Waals surface area contributed by atoms with E-state index in [2.05, 4.69) is 29.4 Å². The highest BCUT2D eigenvalue weighted by atomic mass is 16.3. The summed E-state index contributed by atoms with van der Waals surface area (Å²) in [5, 5.41) is 25.6. The lowest BCUT2D eigenvalue weighted by Crippen LogP contribution is -2.38. The molecule has 0 saturated carbocycles. The summed E-state index contributed by atoms with van der Waals surface area (Å²) >= 11 is 0. The first kappa shape index (κ1) is 21.9. The number of benzene rings is 1. The molecule has 7 heteroatoms. The average molecular weight is 388 g/mol. The maximum Gasteiger partial charge on any atom is 0.164 e. The minimum Gasteiger partial charge on any atom is -0.394 e. The van der Waals surface area contributed by atoms with Gasteiger partial charge in [0.05, 0.1) is 19.3 Å². The number of aryl methyl sites for hydroxylation is 1. The number of hydrogen-bond donors (Lipinski definition) is 4. The summed E-state index contributed by atoms with van der Waals surface area (Å²) < 4.78 is 0. The van der Waals surface area contributed by atoms with Gasteiger partial charge in [0.15, 0.2) is 5.82 Å². The largest absolute Gasteiger partial charge is 0.394 e. The lowest BCUT2D eigenvalue weighted by atomic mass is 10.1. The lowest BCUT2D eigenvalue weighted by molar-refractivity contribution is 0.256. The number of likely N-dealkylation sites (N-methyl/N-ethyl adjacent to an activating group) is 1. The number of nitrogens with one attached hydrogen (secondary N) is 2. The molecule has 2 aromatic rings. The van der Waals surface area contributed by atoms with Crippen LogP contribution >= 0.6 is 0 Å². The molecule has 0 saturated heterocycles. The van der Waals surface area contributed by atoms with Gasteiger partial charge in [0.1, 0.15) is 11.6 Å². The van der Waals surface area contributed by atoms with Crippen molar-refractivity contribution >= 4 is 17.3 Å². The zero-order chi connectivity index (χ0) is 20.7. The fraction of sp³-hybridized carbons (Fsp3) is 0.524. The number of rotatable bonds is 10. The van der Waals surface area contributed by atoms with Crippen molar-refractivity contribution in [3.63, 3.8) is 0 Å². The van der Waals surface area contributed by atoms with Crippen molar-refractivity contribution in [2.24, 2.45) is 0 Å². The van der Waals surface area contributed by atoms with Gasteiger partial charge < -0.3 is 25.7 Å². The third-order valence-electron chi connectivity index (χ3n) is 4.91. The summed E-state index contributed by atoms with van der Waals surface area (Å²) in [6.07, 6.45) is 0.813. The van der Waals surface area contributed by atoms with E-state index < -0.39 is 0 Å². The average Bonchev–Trinajstić information content (AvgIpc) is 2.71. The minimum atomic E-state index is -0.129. The molecule has 2 atom stereocenters. The molecule has 0 radical (unpaired) electrons. The van der Waals surface area contributed by atoms with Crippen molar-refractivity contribution in [1.29, 1.82) is 0 Å². The van der Waals surface area contributed by atoms with Gasteiger partial charge in [-0.1, -0.05) is 13.0 Å². The number of hydrogen-bond acceptors (Lipinski definition) is 7. The van der Waals surface area contributed by atoms with Gasteiger partial charge in [0, 0.05) is 37.0 Å². The van der Waals surface area contributed by atoms with Gasteiger partial charge in [-0.05, 0) is 44.9 Å². The second kappa shape index (κ2) is 10.2. The Labute approximate surface area is 167 Å². The summed E-state index contributed by atoms with van der Waals surface area (Å²) in [6.45, 7) is 8.83. The van der Waals surface area contributed by atoms with Crippen molar-refractivity contribution < 1.29 is 10.2 Å². The predicted molar refractivity (Wildman–Crippen MR) is 116 cm³/mol. The quantitative estimate of drug-likeness (QED) is 0.498. The van der Waals surface area contributed by atoms with Crippen LogP contribution in [0.4, 0.5) is 17.3 Å². The van der Waals surface area contributed by atoms with E-state index in [1.54, 1.807) is 0 Å². The van der Waals surface area contributed by atoms with E-state index in [9.17, 15) is 10.2 Å². The fourth-order valence-corrected chi connectivity index (χ4v) is 3.15. The van der Waals surface area contributed by atoms with Crippen LogP contribution in [0.1, 0.15) is 32.8 Å². The monoisotopic (exact) mass is 387 g/mol. The van der Waals surface area contributed by atoms with Gasteiger partial charge in [-0.3, -0.25) is 0 Å². The van der Waals surface area contributed by atoms with E-state index in [4.69, 9.17) is 9.97 Å². The molecule has 0 aliphatic rings. The van der Waals surface area contributed by atoms with Crippen LogP contribution in [-0.4, -0.2) is 59.1 Å². The van der Waals surface area contributed by atoms with Gasteiger partial charge in [0.2, 0.25) is 0 Å². The van der Waals surface area contributed by atoms with Gasteiger partial charge in [-0.2, -0.15) is 0 Å². The van der Waals surface area contributed by atoms with Crippen LogP contribution in [-0.2, 0) is 0 Å². The molecule has 0 spiro atoms. The predicted octanol–water partition coefficient (Wildman–Crippen LogP) is 2.88. The van der Waals surface area contributed by atoms with Crippen LogP contribution in [0.25, 0.3) is 11.4 Å². The molecular weight excluding hydrogens is 354 g/mol. The maximum atomic E-state index is 9.80. The van der Waals surface area contributed by atoms with Crippen LogP contribution in [0.3, 0.4) is 0 Å². The van der Waals surface area contributed by atoms with Crippen LogP contribution in [0.5, 0.6) is 0 Å². The second-order valence-electron chi connectivity index (χ2n) is 6.97. The van der Waals surface area contributed by atoms with E-state index >= 15 is 0 Å². The minimum absolute atomic E-state index is 0.00859. The Morgan fingerprint density at radius 3 is 2.43 bits per heavy atom. The summed E-state index contributed by atoms with van der Waals surface area (Å²) in [6, 6.07) is 7.84. The molecule has 1 aromatic carbocycles. The molecule has 1 unspecified atom stereocenters. The highest BCUT2D eigenvalue weighted by Crippen LogP contribution is 2.28. The smallest absolute Gasteiger partial charge is 0.164 e. The second-order valence-corrected chi connectivity index (χ2v) is 6.97. The first-order chi connectivity index (χ1) is 13.5. The SMILES string of the molecule is CC[C@H](CO)N(CC)c1cc(NC(C)CO)nc(-c2cc(NC)ccc2C)n1. The number of aromatic nitrogens is 2. The third kappa shape index (κ3) is 5.11. The van der Waals surface area contributed by atoms with Crippen LogP contribution in [0.2, 0.25) is 0 Å². The van der Waals surface area contributed by atoms with Crippen molar-refractivity contribution in [3.8, 4) is 11.4 Å². The molecule has 0 amide bonds. The summed E-state index contributed by atoms with van der Waals surface area (Å²) in [5.74, 6) is 2.03. The highest BCUT2D eigenvalue weighted by Gasteiger charge is 2.19. The molecule has 154 valence electrons. The maximum absolute atomic E-state index is 9.80. The first-order valence-corrected chi connectivity index (χ1v) is 9.90. The van der Waals surface area contributed by atoms with E-state index in [1.807, 2.05) is 45.2 Å². The lowest BCUT2D eigenvalue weighted by Gasteiger charge is -2.30. The molecule has 0 fully saturated rings. The van der Waals surface area contributed by atoms with Gasteiger partial charge in [0.25, 0.3) is 0 Å². The van der Waals surface area contributed by atoms with Crippen LogP contribution in [0.15, 0.2) is 24.3 Å². The Hall–Kier alpha value is -2.38. The molecule has 0 aliphatic carbocycles. The summed E-state index contributed by atoms with van der Waals surface area (Å²) in [5.41, 5.74) is 3.01. The Morgan fingerprint density at radius 2 is 1.86 bits per heavy atom. The molecule has 1 aromatic heterocycles. The molecule has 1 heterocycles. The molecule has 28 heavy (non-hydrogen) atoms. The van der Waals surface area contributed by atoms with Crippen LogP contribution < -0.4 is 15.5 Å². The number of aliphatic hydroxyl groups is 2. The van der Waals surface area contributed by atoms with Crippen molar-refractivity contribution in [1.82, 2.24) is 9.97 Å². The fourth-order valence-electron chi connectivity index (χ4n) is 3.15. The Kier molecular flexibility index (Phi) is 8.02. The van der Waals surface area contributed by atoms with E-state index in [0.29, 0.717) is 11.6 Å². The normalized spacial score (nSPS) is 13.1. The Balaban J connectivity index is 2.60. The molecule has 0 aliphatic heterocycles. The Bertz CT molecular complexity index is 764. The molecular formula is C21H33N5O2. The summed E-state index contributed by atoms with van der Waals surface area (Å²) in [7, 11) is 1.88. The van der Waals surface area contributed by atoms with E-state index in [0.717, 1.165) is 35.6 Å². The number of aliphatic hydroxyl groups excluding tert-OH is 2. The summed E-state index contributed by atoms with van der Waals surface area (Å²) in [4.78, 5) is 11.6. The van der Waals surface area contributed by atoms with Gasteiger partial charge >= 0.3 is 0 Å². The van der Waals surface area contributed by atoms with Gasteiger partial charge in [-0.25, -0.2) is 9.97 Å². The highest BCUT2D eigenvalue weighted by molar-refractivity contribution is 5.69. The topological polar surface area (TPSA) is 93.5 Å². The van der Waals surface area contributed by atoms with Gasteiger partial charge in [-0.15, -0.1) is 0 Å². The first-order valence-electron chi connectivity index (χ1n) is 9.90. The number of nitrogens with zero attached hydrogens (tertiary/aromatic N) is 3. The van der Waals surface area contributed by atoms with Crippen molar-refractivity contribution in [2.45, 2.75) is 46.2 Å². The molecule has 0 bridgehead atoms. The molecule has 7 nitrogen and oxygen atoms in total. The molecule has 4 N–H and O–H groups in total. The van der Waals surface area contributed by atoms with E-state index in [1.165, 1.54) is 0 Å².